The quantitative estimate of drug-likeness (QED) is 0.503. The fourth-order valence-electron chi connectivity index (χ4n) is 3.52. The fraction of sp³-hybridized carbons (Fsp3) is 0.240. The van der Waals surface area contributed by atoms with Crippen LogP contribution in [0.2, 0.25) is 0 Å². The summed E-state index contributed by atoms with van der Waals surface area (Å²) in [5, 5.41) is 6.16. The molecule has 2 N–H and O–H groups in total. The molecule has 0 saturated heterocycles. The van der Waals surface area contributed by atoms with Crippen molar-refractivity contribution in [3.05, 3.63) is 107 Å². The summed E-state index contributed by atoms with van der Waals surface area (Å²) in [6.45, 7) is 0. The topological polar surface area (TPSA) is 41.1 Å². The molecule has 0 saturated carbocycles. The fourth-order valence-corrected chi connectivity index (χ4v) is 3.52. The minimum atomic E-state index is -4.34. The average Bonchev–Trinajstić information content (AvgIpc) is 2.79. The molecule has 6 heteroatoms. The molecule has 162 valence electrons. The van der Waals surface area contributed by atoms with Gasteiger partial charge in [-0.15, -0.1) is 0 Å². The number of carbonyl (C=O) groups excluding carboxylic acids is 1. The summed E-state index contributed by atoms with van der Waals surface area (Å²) in [6.07, 6.45) is -3.15. The van der Waals surface area contributed by atoms with E-state index in [0.29, 0.717) is 12.8 Å². The molecule has 2 atom stereocenters. The Balaban J connectivity index is 1.81. The normalized spacial score (nSPS) is 13.4. The van der Waals surface area contributed by atoms with Crippen LogP contribution in [0.3, 0.4) is 0 Å². The van der Waals surface area contributed by atoms with Gasteiger partial charge in [0.1, 0.15) is 6.04 Å². The van der Waals surface area contributed by atoms with Crippen molar-refractivity contribution in [3.8, 4) is 0 Å². The molecule has 0 spiro atoms. The van der Waals surface area contributed by atoms with Gasteiger partial charge in [0.15, 0.2) is 0 Å². The van der Waals surface area contributed by atoms with Crippen molar-refractivity contribution in [1.82, 2.24) is 10.6 Å². The second-order valence-electron chi connectivity index (χ2n) is 7.32. The van der Waals surface area contributed by atoms with Crippen molar-refractivity contribution in [3.63, 3.8) is 0 Å². The van der Waals surface area contributed by atoms with Crippen LogP contribution in [-0.4, -0.2) is 13.0 Å². The molecule has 0 aromatic heterocycles. The lowest BCUT2D eigenvalue weighted by Gasteiger charge is -2.26. The van der Waals surface area contributed by atoms with Gasteiger partial charge in [0.05, 0.1) is 5.56 Å². The van der Waals surface area contributed by atoms with Crippen molar-refractivity contribution in [2.24, 2.45) is 0 Å². The lowest BCUT2D eigenvalue weighted by molar-refractivity contribution is -0.137. The van der Waals surface area contributed by atoms with Crippen LogP contribution >= 0.6 is 0 Å². The van der Waals surface area contributed by atoms with Gasteiger partial charge >= 0.3 is 6.18 Å². The Labute approximate surface area is 180 Å². The predicted molar refractivity (Wildman–Crippen MR) is 115 cm³/mol. The van der Waals surface area contributed by atoms with Crippen LogP contribution in [-0.2, 0) is 17.4 Å². The Kier molecular flexibility index (Phi) is 7.47. The Morgan fingerprint density at radius 2 is 1.39 bits per heavy atom. The third kappa shape index (κ3) is 6.18. The van der Waals surface area contributed by atoms with E-state index in [1.54, 1.807) is 7.05 Å². The van der Waals surface area contributed by atoms with Crippen LogP contribution in [0.1, 0.15) is 40.8 Å². The molecule has 31 heavy (non-hydrogen) atoms. The third-order valence-corrected chi connectivity index (χ3v) is 5.21. The molecule has 0 aliphatic rings. The van der Waals surface area contributed by atoms with E-state index < -0.39 is 17.8 Å². The van der Waals surface area contributed by atoms with E-state index in [1.807, 2.05) is 60.7 Å². The number of aryl methyl sites for hydroxylation is 1. The van der Waals surface area contributed by atoms with Crippen LogP contribution in [0.4, 0.5) is 13.2 Å². The Bertz CT molecular complexity index is 958. The Morgan fingerprint density at radius 3 is 1.90 bits per heavy atom. The van der Waals surface area contributed by atoms with Gasteiger partial charge in [-0.3, -0.25) is 10.1 Å². The maximum Gasteiger partial charge on any atom is 0.416 e. The Hall–Kier alpha value is -3.12. The summed E-state index contributed by atoms with van der Waals surface area (Å²) in [4.78, 5) is 12.6. The van der Waals surface area contributed by atoms with Gasteiger partial charge in [0, 0.05) is 13.1 Å². The standard InChI is InChI=1S/C25H25F3N2O/c1-29-24(31)23(20-10-6-3-7-11-20)30-22(19-8-4-2-5-9-19)17-14-18-12-15-21(16-13-18)25(26,27)28/h2-13,15-16,22-23,30H,14,17H2,1H3,(H,29,31)/t22-,23?/m1/s1. The molecule has 0 aliphatic carbocycles. The van der Waals surface area contributed by atoms with E-state index in [-0.39, 0.29) is 11.9 Å². The maximum atomic E-state index is 12.8. The van der Waals surface area contributed by atoms with Crippen LogP contribution in [0.25, 0.3) is 0 Å². The molecular weight excluding hydrogens is 401 g/mol. The number of alkyl halides is 3. The summed E-state index contributed by atoms with van der Waals surface area (Å²) < 4.78 is 38.5. The highest BCUT2D eigenvalue weighted by Crippen LogP contribution is 2.30. The van der Waals surface area contributed by atoms with Crippen molar-refractivity contribution in [2.45, 2.75) is 31.1 Å². The largest absolute Gasteiger partial charge is 0.416 e. The lowest BCUT2D eigenvalue weighted by Crippen LogP contribution is -2.38. The van der Waals surface area contributed by atoms with Gasteiger partial charge in [-0.2, -0.15) is 13.2 Å². The SMILES string of the molecule is CNC(=O)C(N[C@H](CCc1ccc(C(F)(F)F)cc1)c1ccccc1)c1ccccc1. The number of likely N-dealkylation sites (N-methyl/N-ethyl adjacent to an activating group) is 1. The second kappa shape index (κ2) is 10.3. The minimum Gasteiger partial charge on any atom is -0.358 e. The van der Waals surface area contributed by atoms with Crippen LogP contribution in [0, 0.1) is 0 Å². The number of rotatable bonds is 8. The number of nitrogens with one attached hydrogen (secondary N) is 2. The van der Waals surface area contributed by atoms with Gasteiger partial charge < -0.3 is 5.32 Å². The van der Waals surface area contributed by atoms with Gasteiger partial charge in [0.2, 0.25) is 5.91 Å². The zero-order valence-corrected chi connectivity index (χ0v) is 17.2. The maximum absolute atomic E-state index is 12.8. The highest BCUT2D eigenvalue weighted by molar-refractivity contribution is 5.83. The summed E-state index contributed by atoms with van der Waals surface area (Å²) in [7, 11) is 1.60. The van der Waals surface area contributed by atoms with Crippen molar-refractivity contribution in [1.29, 1.82) is 0 Å². The number of halogens is 3. The molecule has 0 radical (unpaired) electrons. The predicted octanol–water partition coefficient (Wildman–Crippen LogP) is 5.46. The first-order valence-electron chi connectivity index (χ1n) is 10.1. The first-order valence-corrected chi connectivity index (χ1v) is 10.1. The highest BCUT2D eigenvalue weighted by Gasteiger charge is 2.30. The monoisotopic (exact) mass is 426 g/mol. The molecule has 0 aliphatic heterocycles. The molecule has 3 aromatic carbocycles. The molecule has 1 unspecified atom stereocenters. The van der Waals surface area contributed by atoms with E-state index in [0.717, 1.165) is 28.8 Å². The number of hydrogen-bond acceptors (Lipinski definition) is 2. The van der Waals surface area contributed by atoms with Crippen molar-refractivity contribution >= 4 is 5.91 Å². The van der Waals surface area contributed by atoms with Crippen LogP contribution < -0.4 is 10.6 Å². The molecule has 3 rings (SSSR count). The number of carbonyl (C=O) groups is 1. The van der Waals surface area contributed by atoms with Crippen molar-refractivity contribution in [2.75, 3.05) is 7.05 Å². The minimum absolute atomic E-state index is 0.151. The first-order chi connectivity index (χ1) is 14.9. The number of amides is 1. The van der Waals surface area contributed by atoms with Gasteiger partial charge in [-0.05, 0) is 41.7 Å². The van der Waals surface area contributed by atoms with E-state index in [2.05, 4.69) is 10.6 Å². The molecule has 3 nitrogen and oxygen atoms in total. The average molecular weight is 426 g/mol. The first kappa shape index (κ1) is 22.6. The Morgan fingerprint density at radius 1 is 0.839 bits per heavy atom. The lowest BCUT2D eigenvalue weighted by atomic mass is 9.96. The number of benzene rings is 3. The second-order valence-corrected chi connectivity index (χ2v) is 7.32. The molecule has 0 fully saturated rings. The van der Waals surface area contributed by atoms with Gasteiger partial charge in [-0.1, -0.05) is 72.8 Å². The van der Waals surface area contributed by atoms with E-state index in [4.69, 9.17) is 0 Å². The van der Waals surface area contributed by atoms with Crippen LogP contribution in [0.5, 0.6) is 0 Å². The molecular formula is C25H25F3N2O. The number of hydrogen-bond donors (Lipinski definition) is 2. The molecule has 3 aromatic rings. The van der Waals surface area contributed by atoms with Crippen molar-refractivity contribution < 1.29 is 18.0 Å². The van der Waals surface area contributed by atoms with E-state index in [1.165, 1.54) is 12.1 Å². The van der Waals surface area contributed by atoms with E-state index >= 15 is 0 Å². The molecule has 0 heterocycles. The summed E-state index contributed by atoms with van der Waals surface area (Å²) >= 11 is 0. The third-order valence-electron chi connectivity index (χ3n) is 5.21. The molecule has 0 bridgehead atoms. The zero-order valence-electron chi connectivity index (χ0n) is 17.2. The highest BCUT2D eigenvalue weighted by atomic mass is 19.4. The smallest absolute Gasteiger partial charge is 0.358 e. The van der Waals surface area contributed by atoms with E-state index in [9.17, 15) is 18.0 Å². The summed E-state index contributed by atoms with van der Waals surface area (Å²) in [5.74, 6) is -0.151. The summed E-state index contributed by atoms with van der Waals surface area (Å²) in [6, 6.07) is 23.7. The molecule has 1 amide bonds. The summed E-state index contributed by atoms with van der Waals surface area (Å²) in [5.41, 5.74) is 2.02. The zero-order chi connectivity index (χ0) is 22.3. The van der Waals surface area contributed by atoms with Gasteiger partial charge in [-0.25, -0.2) is 0 Å². The van der Waals surface area contributed by atoms with Gasteiger partial charge in [0.25, 0.3) is 0 Å². The van der Waals surface area contributed by atoms with Crippen LogP contribution in [0.15, 0.2) is 84.9 Å².